The van der Waals surface area contributed by atoms with Gasteiger partial charge in [-0.3, -0.25) is 0 Å². The molecule has 2 heterocycles. The van der Waals surface area contributed by atoms with Crippen LogP contribution in [-0.2, 0) is 0 Å². The van der Waals surface area contributed by atoms with Crippen LogP contribution in [0.3, 0.4) is 0 Å². The Bertz CT molecular complexity index is 625. The fourth-order valence-electron chi connectivity index (χ4n) is 1.81. The first kappa shape index (κ1) is 11.1. The first-order chi connectivity index (χ1) is 8.93. The van der Waals surface area contributed by atoms with Crippen molar-refractivity contribution in [3.63, 3.8) is 0 Å². The smallest absolute Gasteiger partial charge is 0.0981 e. The summed E-state index contributed by atoms with van der Waals surface area (Å²) in [5.41, 5.74) is 0. The monoisotopic (exact) mass is 252 g/mol. The van der Waals surface area contributed by atoms with E-state index in [0.717, 1.165) is 10.8 Å². The van der Waals surface area contributed by atoms with Gasteiger partial charge in [-0.1, -0.05) is 48.5 Å². The Labute approximate surface area is 109 Å². The molecule has 0 unspecified atom stereocenters. The maximum Gasteiger partial charge on any atom is 0.0981 e. The Kier molecular flexibility index (Phi) is 3.11. The van der Waals surface area contributed by atoms with Crippen LogP contribution in [0.1, 0.15) is 0 Å². The zero-order valence-electron chi connectivity index (χ0n) is 9.74. The van der Waals surface area contributed by atoms with E-state index in [0.29, 0.717) is 0 Å². The third kappa shape index (κ3) is 2.29. The second kappa shape index (κ2) is 5.07. The highest BCUT2D eigenvalue weighted by Gasteiger charge is 1.89. The van der Waals surface area contributed by atoms with Gasteiger partial charge in [-0.25, -0.2) is 0 Å². The largest absolute Gasteiger partial charge is 0.471 e. The van der Waals surface area contributed by atoms with Crippen LogP contribution < -0.4 is 0 Å². The minimum atomic E-state index is 1.16. The van der Waals surface area contributed by atoms with Crippen molar-refractivity contribution in [2.24, 2.45) is 0 Å². The van der Waals surface area contributed by atoms with Gasteiger partial charge in [0.25, 0.3) is 0 Å². The lowest BCUT2D eigenvalue weighted by Crippen LogP contribution is -1.57. The van der Waals surface area contributed by atoms with E-state index in [-0.39, 0.29) is 0 Å². The first-order valence-electron chi connectivity index (χ1n) is 5.75. The highest BCUT2D eigenvalue weighted by atomic mass is 32.1. The normalized spacial score (nSPS) is 10.2. The highest BCUT2D eigenvalue weighted by Crippen LogP contribution is 2.17. The Hall–Kier alpha value is -2.06. The number of furan rings is 1. The van der Waals surface area contributed by atoms with E-state index in [1.54, 1.807) is 23.9 Å². The lowest BCUT2D eigenvalue weighted by atomic mass is 10.2. The molecular weight excluding hydrogens is 240 g/mol. The van der Waals surface area contributed by atoms with Crippen LogP contribution in [0.25, 0.3) is 21.5 Å². The van der Waals surface area contributed by atoms with E-state index < -0.39 is 0 Å². The maximum atomic E-state index is 4.96. The molecule has 0 saturated carbocycles. The van der Waals surface area contributed by atoms with E-state index in [9.17, 15) is 0 Å². The molecule has 0 amide bonds. The van der Waals surface area contributed by atoms with Crippen molar-refractivity contribution in [2.75, 3.05) is 0 Å². The fourth-order valence-corrected chi connectivity index (χ4v) is 2.60. The summed E-state index contributed by atoms with van der Waals surface area (Å²) in [4.78, 5) is 0. The SMILES string of the molecule is c1ccc2cocc2c1.c1ccc2cscc2c1. The lowest BCUT2D eigenvalue weighted by molar-refractivity contribution is 0.572. The van der Waals surface area contributed by atoms with Crippen molar-refractivity contribution in [2.45, 2.75) is 0 Å². The Balaban J connectivity index is 0.000000111. The van der Waals surface area contributed by atoms with E-state index in [1.807, 2.05) is 24.3 Å². The van der Waals surface area contributed by atoms with Gasteiger partial charge in [0.1, 0.15) is 0 Å². The first-order valence-corrected chi connectivity index (χ1v) is 6.70. The highest BCUT2D eigenvalue weighted by molar-refractivity contribution is 7.09. The molecular formula is C16H12OS. The summed E-state index contributed by atoms with van der Waals surface area (Å²) in [5.74, 6) is 0. The topological polar surface area (TPSA) is 13.1 Å². The molecule has 18 heavy (non-hydrogen) atoms. The van der Waals surface area contributed by atoms with Crippen LogP contribution in [0.15, 0.2) is 76.2 Å². The number of benzene rings is 2. The lowest BCUT2D eigenvalue weighted by Gasteiger charge is -1.82. The Morgan fingerprint density at radius 1 is 0.611 bits per heavy atom. The van der Waals surface area contributed by atoms with Crippen LogP contribution in [0.4, 0.5) is 0 Å². The molecule has 2 aromatic carbocycles. The Morgan fingerprint density at radius 3 is 1.56 bits per heavy atom. The predicted molar refractivity (Wildman–Crippen MR) is 78.0 cm³/mol. The maximum absolute atomic E-state index is 4.96. The molecule has 0 saturated heterocycles. The molecule has 0 bridgehead atoms. The number of hydrogen-bond acceptors (Lipinski definition) is 2. The molecule has 1 nitrogen and oxygen atoms in total. The van der Waals surface area contributed by atoms with Gasteiger partial charge < -0.3 is 4.42 Å². The number of rotatable bonds is 0. The molecule has 0 N–H and O–H groups in total. The summed E-state index contributed by atoms with van der Waals surface area (Å²) in [5, 5.41) is 9.35. The van der Waals surface area contributed by atoms with Crippen LogP contribution in [0.2, 0.25) is 0 Å². The van der Waals surface area contributed by atoms with E-state index in [1.165, 1.54) is 10.8 Å². The molecule has 88 valence electrons. The average Bonchev–Trinajstić information content (AvgIpc) is 3.08. The van der Waals surface area contributed by atoms with Crippen LogP contribution in [-0.4, -0.2) is 0 Å². The van der Waals surface area contributed by atoms with Gasteiger partial charge in [-0.15, -0.1) is 0 Å². The summed E-state index contributed by atoms with van der Waals surface area (Å²) in [6, 6.07) is 16.4. The van der Waals surface area contributed by atoms with Crippen molar-refractivity contribution < 1.29 is 4.42 Å². The van der Waals surface area contributed by atoms with Crippen molar-refractivity contribution in [3.8, 4) is 0 Å². The summed E-state index contributed by atoms with van der Waals surface area (Å²) in [6.07, 6.45) is 3.49. The van der Waals surface area contributed by atoms with Gasteiger partial charge >= 0.3 is 0 Å². The number of thiophene rings is 1. The molecule has 4 rings (SSSR count). The van der Waals surface area contributed by atoms with E-state index in [2.05, 4.69) is 35.0 Å². The standard InChI is InChI=1S/C8H6O.C8H6S/c2*1-2-4-8-6-9-5-7(8)3-1/h2*1-6H. The summed E-state index contributed by atoms with van der Waals surface area (Å²) < 4.78 is 4.96. The fraction of sp³-hybridized carbons (Fsp3) is 0. The zero-order chi connectivity index (χ0) is 12.2. The molecule has 0 aliphatic heterocycles. The van der Waals surface area contributed by atoms with Crippen molar-refractivity contribution in [3.05, 3.63) is 71.8 Å². The molecule has 0 atom stereocenters. The molecule has 0 aliphatic carbocycles. The Morgan fingerprint density at radius 2 is 1.06 bits per heavy atom. The number of hydrogen-bond donors (Lipinski definition) is 0. The minimum absolute atomic E-state index is 1.16. The second-order valence-corrected chi connectivity index (χ2v) is 4.74. The summed E-state index contributed by atoms with van der Waals surface area (Å²) in [6.45, 7) is 0. The molecule has 0 radical (unpaired) electrons. The molecule has 0 fully saturated rings. The van der Waals surface area contributed by atoms with Crippen LogP contribution in [0.5, 0.6) is 0 Å². The van der Waals surface area contributed by atoms with Crippen LogP contribution in [0, 0.1) is 0 Å². The third-order valence-corrected chi connectivity index (χ3v) is 3.55. The van der Waals surface area contributed by atoms with Gasteiger partial charge in [0, 0.05) is 10.8 Å². The average molecular weight is 252 g/mol. The van der Waals surface area contributed by atoms with E-state index >= 15 is 0 Å². The zero-order valence-corrected chi connectivity index (χ0v) is 10.6. The van der Waals surface area contributed by atoms with Gasteiger partial charge in [-0.2, -0.15) is 11.3 Å². The summed E-state index contributed by atoms with van der Waals surface area (Å²) >= 11 is 1.75. The quantitative estimate of drug-likeness (QED) is 0.412. The molecule has 0 spiro atoms. The van der Waals surface area contributed by atoms with Crippen LogP contribution >= 0.6 is 11.3 Å². The van der Waals surface area contributed by atoms with Crippen molar-refractivity contribution in [1.29, 1.82) is 0 Å². The second-order valence-electron chi connectivity index (χ2n) is 4.00. The third-order valence-electron chi connectivity index (χ3n) is 2.77. The van der Waals surface area contributed by atoms with Crippen molar-refractivity contribution in [1.82, 2.24) is 0 Å². The minimum Gasteiger partial charge on any atom is -0.471 e. The van der Waals surface area contributed by atoms with Crippen molar-refractivity contribution >= 4 is 32.9 Å². The molecule has 2 heteroatoms. The predicted octanol–water partition coefficient (Wildman–Crippen LogP) is 5.33. The molecule has 2 aromatic heterocycles. The van der Waals surface area contributed by atoms with E-state index in [4.69, 9.17) is 4.42 Å². The number of fused-ring (bicyclic) bond motifs is 2. The van der Waals surface area contributed by atoms with Gasteiger partial charge in [0.05, 0.1) is 12.5 Å². The van der Waals surface area contributed by atoms with Gasteiger partial charge in [0.15, 0.2) is 0 Å². The molecule has 4 aromatic rings. The van der Waals surface area contributed by atoms with Gasteiger partial charge in [-0.05, 0) is 21.5 Å². The molecule has 0 aliphatic rings. The van der Waals surface area contributed by atoms with Gasteiger partial charge in [0.2, 0.25) is 0 Å². The summed E-state index contributed by atoms with van der Waals surface area (Å²) in [7, 11) is 0.